The van der Waals surface area contributed by atoms with Gasteiger partial charge in [0, 0.05) is 43.1 Å². The summed E-state index contributed by atoms with van der Waals surface area (Å²) >= 11 is 0. The van der Waals surface area contributed by atoms with E-state index in [2.05, 4.69) is 32.3 Å². The molecule has 3 atom stereocenters. The summed E-state index contributed by atoms with van der Waals surface area (Å²) in [7, 11) is 0. The van der Waals surface area contributed by atoms with Crippen molar-refractivity contribution in [3.05, 3.63) is 72.1 Å². The van der Waals surface area contributed by atoms with Crippen LogP contribution in [0.15, 0.2) is 60.9 Å². The summed E-state index contributed by atoms with van der Waals surface area (Å²) in [4.78, 5) is 23.7. The van der Waals surface area contributed by atoms with E-state index in [-0.39, 0.29) is 18.1 Å². The van der Waals surface area contributed by atoms with E-state index in [4.69, 9.17) is 4.74 Å². The lowest BCUT2D eigenvalue weighted by molar-refractivity contribution is -0.0502. The van der Waals surface area contributed by atoms with Crippen molar-refractivity contribution in [2.75, 3.05) is 19.7 Å². The zero-order valence-electron chi connectivity index (χ0n) is 15.5. The second-order valence-electron chi connectivity index (χ2n) is 7.51. The van der Waals surface area contributed by atoms with Crippen LogP contribution in [0.1, 0.15) is 28.4 Å². The summed E-state index contributed by atoms with van der Waals surface area (Å²) in [6.45, 7) is 2.43. The highest BCUT2D eigenvalue weighted by molar-refractivity contribution is 5.97. The van der Waals surface area contributed by atoms with Crippen LogP contribution in [0.3, 0.4) is 0 Å². The second kappa shape index (κ2) is 7.30. The van der Waals surface area contributed by atoms with E-state index in [1.54, 1.807) is 18.5 Å². The Bertz CT molecular complexity index is 994. The fourth-order valence-electron chi connectivity index (χ4n) is 4.22. The minimum absolute atomic E-state index is 0.0575. The monoisotopic (exact) mass is 374 g/mol. The number of aromatic nitrogens is 2. The third-order valence-corrected chi connectivity index (χ3v) is 5.66. The van der Waals surface area contributed by atoms with Crippen LogP contribution in [-0.2, 0) is 4.74 Å². The molecule has 0 spiro atoms. The number of hydrogen-bond acceptors (Lipinski definition) is 5. The molecule has 3 heterocycles. The summed E-state index contributed by atoms with van der Waals surface area (Å²) in [6.07, 6.45) is 4.32. The predicted molar refractivity (Wildman–Crippen MR) is 106 cm³/mol. The maximum atomic E-state index is 12.7. The maximum Gasteiger partial charge on any atom is 0.251 e. The molecule has 2 saturated heterocycles. The third kappa shape index (κ3) is 3.37. The molecule has 0 radical (unpaired) electrons. The first-order valence-corrected chi connectivity index (χ1v) is 9.68. The minimum Gasteiger partial charge on any atom is -0.371 e. The van der Waals surface area contributed by atoms with Crippen molar-refractivity contribution < 1.29 is 9.53 Å². The van der Waals surface area contributed by atoms with Crippen LogP contribution in [0.5, 0.6) is 0 Å². The van der Waals surface area contributed by atoms with Crippen LogP contribution in [0, 0.1) is 0 Å². The number of nitrogens with one attached hydrogen (secondary N) is 1. The van der Waals surface area contributed by atoms with Crippen molar-refractivity contribution in [3.8, 4) is 0 Å². The first-order chi connectivity index (χ1) is 13.8. The Balaban J connectivity index is 1.24. The molecule has 6 heteroatoms. The Kier molecular flexibility index (Phi) is 4.50. The van der Waals surface area contributed by atoms with Crippen molar-refractivity contribution in [3.63, 3.8) is 0 Å². The average molecular weight is 374 g/mol. The number of morpholine rings is 1. The van der Waals surface area contributed by atoms with Gasteiger partial charge in [-0.25, -0.2) is 0 Å². The number of rotatable bonds is 3. The summed E-state index contributed by atoms with van der Waals surface area (Å²) in [5.74, 6) is -0.0575. The lowest BCUT2D eigenvalue weighted by Gasteiger charge is -2.35. The zero-order valence-corrected chi connectivity index (χ0v) is 15.5. The number of carbonyl (C=O) groups excluding carboxylic acids is 1. The van der Waals surface area contributed by atoms with Crippen LogP contribution in [0.4, 0.5) is 0 Å². The minimum atomic E-state index is -0.0575. The van der Waals surface area contributed by atoms with E-state index in [1.165, 1.54) is 5.56 Å². The maximum absolute atomic E-state index is 12.7. The summed E-state index contributed by atoms with van der Waals surface area (Å²) < 4.78 is 6.09. The molecule has 0 unspecified atom stereocenters. The van der Waals surface area contributed by atoms with Crippen LogP contribution in [0.2, 0.25) is 0 Å². The lowest BCUT2D eigenvalue weighted by Crippen LogP contribution is -2.43. The van der Waals surface area contributed by atoms with Crippen molar-refractivity contribution in [2.45, 2.75) is 24.6 Å². The summed E-state index contributed by atoms with van der Waals surface area (Å²) in [5.41, 5.74) is 3.36. The molecule has 2 aromatic carbocycles. The van der Waals surface area contributed by atoms with Gasteiger partial charge >= 0.3 is 0 Å². The number of fused-ring (bicyclic) bond motifs is 2. The molecular weight excluding hydrogens is 352 g/mol. The van der Waals surface area contributed by atoms with E-state index in [0.29, 0.717) is 18.2 Å². The molecule has 142 valence electrons. The van der Waals surface area contributed by atoms with Crippen molar-refractivity contribution in [1.82, 2.24) is 20.2 Å². The average Bonchev–Trinajstić information content (AvgIpc) is 3.15. The van der Waals surface area contributed by atoms with Crippen molar-refractivity contribution >= 4 is 16.9 Å². The highest BCUT2D eigenvalue weighted by atomic mass is 16.5. The van der Waals surface area contributed by atoms with Gasteiger partial charge in [-0.15, -0.1) is 0 Å². The summed E-state index contributed by atoms with van der Waals surface area (Å²) in [6, 6.07) is 16.3. The van der Waals surface area contributed by atoms with Gasteiger partial charge in [-0.2, -0.15) is 0 Å². The molecule has 2 aliphatic rings. The Morgan fingerprint density at radius 1 is 1.04 bits per heavy atom. The van der Waals surface area contributed by atoms with Gasteiger partial charge < -0.3 is 10.1 Å². The van der Waals surface area contributed by atoms with Crippen LogP contribution in [-0.4, -0.2) is 52.6 Å². The quantitative estimate of drug-likeness (QED) is 0.763. The van der Waals surface area contributed by atoms with Gasteiger partial charge in [0.25, 0.3) is 5.91 Å². The van der Waals surface area contributed by atoms with Gasteiger partial charge in [0.1, 0.15) is 0 Å². The first kappa shape index (κ1) is 17.3. The number of nitrogens with zero attached hydrogens (tertiary/aromatic N) is 3. The van der Waals surface area contributed by atoms with Gasteiger partial charge in [0.15, 0.2) is 0 Å². The molecular formula is C22H22N4O2. The van der Waals surface area contributed by atoms with Gasteiger partial charge in [-0.3, -0.25) is 19.7 Å². The molecule has 1 amide bonds. The molecule has 3 aromatic rings. The van der Waals surface area contributed by atoms with Crippen LogP contribution < -0.4 is 5.32 Å². The smallest absolute Gasteiger partial charge is 0.251 e. The van der Waals surface area contributed by atoms with Gasteiger partial charge in [-0.05, 0) is 30.2 Å². The molecule has 1 aromatic heterocycles. The fourth-order valence-corrected chi connectivity index (χ4v) is 4.22. The van der Waals surface area contributed by atoms with Crippen molar-refractivity contribution in [2.24, 2.45) is 0 Å². The molecule has 0 saturated carbocycles. The molecule has 0 aliphatic carbocycles. The molecule has 2 aliphatic heterocycles. The SMILES string of the molecule is O=C(N[C@H]1C[C@H]2CO[C@@H](c3ccccc3)CN2C1)c1ccc2nccnc2c1. The number of benzene rings is 2. The number of amides is 1. The first-order valence-electron chi connectivity index (χ1n) is 9.68. The Morgan fingerprint density at radius 3 is 2.71 bits per heavy atom. The highest BCUT2D eigenvalue weighted by Crippen LogP contribution is 2.30. The Morgan fingerprint density at radius 2 is 1.86 bits per heavy atom. The Labute approximate surface area is 163 Å². The molecule has 6 nitrogen and oxygen atoms in total. The number of carbonyl (C=O) groups is 1. The molecule has 28 heavy (non-hydrogen) atoms. The highest BCUT2D eigenvalue weighted by Gasteiger charge is 2.38. The van der Waals surface area contributed by atoms with E-state index < -0.39 is 0 Å². The van der Waals surface area contributed by atoms with Crippen LogP contribution >= 0.6 is 0 Å². The predicted octanol–water partition coefficient (Wildman–Crippen LogP) is 2.57. The molecule has 0 bridgehead atoms. The second-order valence-corrected chi connectivity index (χ2v) is 7.51. The number of ether oxygens (including phenoxy) is 1. The summed E-state index contributed by atoms with van der Waals surface area (Å²) in [5, 5.41) is 3.19. The number of hydrogen-bond donors (Lipinski definition) is 1. The molecule has 2 fully saturated rings. The van der Waals surface area contributed by atoms with Crippen molar-refractivity contribution in [1.29, 1.82) is 0 Å². The van der Waals surface area contributed by atoms with E-state index in [0.717, 1.165) is 30.5 Å². The van der Waals surface area contributed by atoms with Crippen LogP contribution in [0.25, 0.3) is 11.0 Å². The largest absolute Gasteiger partial charge is 0.371 e. The molecule has 1 N–H and O–H groups in total. The fraction of sp³-hybridized carbons (Fsp3) is 0.318. The van der Waals surface area contributed by atoms with Gasteiger partial charge in [-0.1, -0.05) is 30.3 Å². The van der Waals surface area contributed by atoms with E-state index in [9.17, 15) is 4.79 Å². The third-order valence-electron chi connectivity index (χ3n) is 5.66. The Hall–Kier alpha value is -2.83. The topological polar surface area (TPSA) is 67.3 Å². The molecule has 5 rings (SSSR count). The zero-order chi connectivity index (χ0) is 18.9. The lowest BCUT2D eigenvalue weighted by atomic mass is 10.1. The van der Waals surface area contributed by atoms with E-state index >= 15 is 0 Å². The standard InChI is InChI=1S/C22H22N4O2/c27-22(16-6-7-19-20(10-16)24-9-8-23-19)25-17-11-18-14-28-21(13-26(18)12-17)15-4-2-1-3-5-15/h1-10,17-18,21H,11-14H2,(H,25,27)/t17-,18-,21+/m0/s1. The van der Waals surface area contributed by atoms with E-state index in [1.807, 2.05) is 30.3 Å². The van der Waals surface area contributed by atoms with Gasteiger partial charge in [0.2, 0.25) is 0 Å². The normalized spacial score (nSPS) is 24.8. The van der Waals surface area contributed by atoms with Gasteiger partial charge in [0.05, 0.1) is 23.7 Å².